The molecule has 0 fully saturated rings. The van der Waals surface area contributed by atoms with Crippen LogP contribution in [0, 0.1) is 0 Å². The first kappa shape index (κ1) is 11.8. The summed E-state index contributed by atoms with van der Waals surface area (Å²) in [7, 11) is 0. The molecule has 0 aliphatic rings. The summed E-state index contributed by atoms with van der Waals surface area (Å²) >= 11 is 15.0. The zero-order valence-corrected chi connectivity index (χ0v) is 11.2. The number of hydrogen-bond acceptors (Lipinski definition) is 2. The van der Waals surface area contributed by atoms with Gasteiger partial charge in [0.15, 0.2) is 5.22 Å². The highest BCUT2D eigenvalue weighted by Crippen LogP contribution is 2.26. The number of furan rings is 1. The highest BCUT2D eigenvalue weighted by atomic mass is 79.9. The van der Waals surface area contributed by atoms with Crippen molar-refractivity contribution in [3.8, 4) is 0 Å². The van der Waals surface area contributed by atoms with Gasteiger partial charge in [0.05, 0.1) is 12.2 Å². The number of halogens is 3. The Labute approximate surface area is 112 Å². The van der Waals surface area contributed by atoms with Crippen molar-refractivity contribution in [2.75, 3.05) is 5.32 Å². The van der Waals surface area contributed by atoms with E-state index in [2.05, 4.69) is 21.2 Å². The van der Waals surface area contributed by atoms with Gasteiger partial charge >= 0.3 is 0 Å². The van der Waals surface area contributed by atoms with E-state index in [1.54, 1.807) is 6.07 Å². The van der Waals surface area contributed by atoms with Gasteiger partial charge in [-0.3, -0.25) is 0 Å². The molecular weight excluding hydrogens is 313 g/mol. The predicted octanol–water partition coefficient (Wildman–Crippen LogP) is 4.96. The van der Waals surface area contributed by atoms with Crippen molar-refractivity contribution in [2.45, 2.75) is 6.54 Å². The van der Waals surface area contributed by atoms with Crippen LogP contribution in [0.4, 0.5) is 5.69 Å². The average molecular weight is 321 g/mol. The van der Waals surface area contributed by atoms with Crippen molar-refractivity contribution < 1.29 is 4.42 Å². The quantitative estimate of drug-likeness (QED) is 0.864. The molecule has 0 saturated carbocycles. The molecule has 0 bridgehead atoms. The maximum absolute atomic E-state index is 5.90. The summed E-state index contributed by atoms with van der Waals surface area (Å²) in [6.07, 6.45) is 0. The zero-order chi connectivity index (χ0) is 11.5. The van der Waals surface area contributed by atoms with Gasteiger partial charge in [-0.1, -0.05) is 11.6 Å². The molecule has 0 atom stereocenters. The predicted molar refractivity (Wildman–Crippen MR) is 70.2 cm³/mol. The third-order valence-electron chi connectivity index (χ3n) is 2.01. The van der Waals surface area contributed by atoms with E-state index >= 15 is 0 Å². The fourth-order valence-electron chi connectivity index (χ4n) is 1.26. The summed E-state index contributed by atoms with van der Waals surface area (Å²) in [4.78, 5) is 0. The molecule has 2 nitrogen and oxygen atoms in total. The molecule has 1 heterocycles. The molecule has 5 heteroatoms. The van der Waals surface area contributed by atoms with Gasteiger partial charge in [0, 0.05) is 9.50 Å². The Morgan fingerprint density at radius 3 is 2.69 bits per heavy atom. The van der Waals surface area contributed by atoms with Crippen LogP contribution in [0.15, 0.2) is 39.2 Å². The maximum Gasteiger partial charge on any atom is 0.193 e. The van der Waals surface area contributed by atoms with E-state index in [-0.39, 0.29) is 0 Å². The van der Waals surface area contributed by atoms with Crippen LogP contribution in [0.1, 0.15) is 5.76 Å². The van der Waals surface area contributed by atoms with E-state index < -0.39 is 0 Å². The second kappa shape index (κ2) is 5.13. The van der Waals surface area contributed by atoms with Crippen molar-refractivity contribution in [1.29, 1.82) is 0 Å². The fourth-order valence-corrected chi connectivity index (χ4v) is 1.98. The van der Waals surface area contributed by atoms with E-state index in [0.717, 1.165) is 15.9 Å². The van der Waals surface area contributed by atoms with Crippen LogP contribution in [-0.4, -0.2) is 0 Å². The summed E-state index contributed by atoms with van der Waals surface area (Å²) in [5.41, 5.74) is 0.917. The Morgan fingerprint density at radius 1 is 1.19 bits per heavy atom. The van der Waals surface area contributed by atoms with Gasteiger partial charge in [0.2, 0.25) is 0 Å². The Morgan fingerprint density at radius 2 is 2.00 bits per heavy atom. The lowest BCUT2D eigenvalue weighted by atomic mass is 10.3. The van der Waals surface area contributed by atoms with Crippen molar-refractivity contribution in [3.63, 3.8) is 0 Å². The van der Waals surface area contributed by atoms with E-state index in [9.17, 15) is 0 Å². The molecule has 2 aromatic rings. The molecule has 0 aliphatic heterocycles. The average Bonchev–Trinajstić information content (AvgIpc) is 2.66. The third-order valence-corrected chi connectivity index (χ3v) is 3.14. The van der Waals surface area contributed by atoms with E-state index in [0.29, 0.717) is 16.8 Å². The van der Waals surface area contributed by atoms with Gasteiger partial charge in [-0.15, -0.1) is 0 Å². The lowest BCUT2D eigenvalue weighted by Crippen LogP contribution is -1.98. The second-order valence-corrected chi connectivity index (χ2v) is 4.85. The molecule has 0 radical (unpaired) electrons. The van der Waals surface area contributed by atoms with Gasteiger partial charge in [0.25, 0.3) is 0 Å². The molecule has 0 aliphatic carbocycles. The van der Waals surface area contributed by atoms with E-state index in [1.165, 1.54) is 0 Å². The highest BCUT2D eigenvalue weighted by Gasteiger charge is 2.03. The number of benzene rings is 1. The summed E-state index contributed by atoms with van der Waals surface area (Å²) < 4.78 is 6.18. The topological polar surface area (TPSA) is 25.2 Å². The van der Waals surface area contributed by atoms with Crippen LogP contribution in [0.2, 0.25) is 10.2 Å². The van der Waals surface area contributed by atoms with Crippen molar-refractivity contribution in [1.82, 2.24) is 0 Å². The molecule has 1 aromatic carbocycles. The number of hydrogen-bond donors (Lipinski definition) is 1. The highest BCUT2D eigenvalue weighted by molar-refractivity contribution is 9.10. The SMILES string of the molecule is Clc1ccc(Br)c(NCc2ccc(Cl)o2)c1. The summed E-state index contributed by atoms with van der Waals surface area (Å²) in [5.74, 6) is 0.775. The van der Waals surface area contributed by atoms with Crippen LogP contribution >= 0.6 is 39.1 Å². The molecule has 0 amide bonds. The minimum Gasteiger partial charge on any atom is -0.448 e. The lowest BCUT2D eigenvalue weighted by molar-refractivity contribution is 0.520. The van der Waals surface area contributed by atoms with Crippen LogP contribution in [0.5, 0.6) is 0 Å². The molecule has 0 saturated heterocycles. The van der Waals surface area contributed by atoms with Gasteiger partial charge in [-0.05, 0) is 57.9 Å². The van der Waals surface area contributed by atoms with Crippen molar-refractivity contribution in [2.24, 2.45) is 0 Å². The van der Waals surface area contributed by atoms with E-state index in [4.69, 9.17) is 27.6 Å². The summed E-state index contributed by atoms with van der Waals surface area (Å²) in [6.45, 7) is 0.561. The molecule has 1 N–H and O–H groups in total. The Balaban J connectivity index is 2.07. The first-order valence-electron chi connectivity index (χ1n) is 4.58. The molecule has 0 spiro atoms. The van der Waals surface area contributed by atoms with Gasteiger partial charge in [0.1, 0.15) is 5.76 Å². The first-order valence-corrected chi connectivity index (χ1v) is 6.13. The standard InChI is InChI=1S/C11H8BrCl2NO/c12-9-3-1-7(13)5-10(9)15-6-8-2-4-11(14)16-8/h1-5,15H,6H2. The molecule has 16 heavy (non-hydrogen) atoms. The van der Waals surface area contributed by atoms with Crippen LogP contribution in [0.25, 0.3) is 0 Å². The van der Waals surface area contributed by atoms with Gasteiger partial charge in [-0.25, -0.2) is 0 Å². The van der Waals surface area contributed by atoms with Crippen molar-refractivity contribution >= 4 is 44.8 Å². The Hall–Kier alpha value is -0.640. The molecule has 2 rings (SSSR count). The lowest BCUT2D eigenvalue weighted by Gasteiger charge is -2.07. The minimum absolute atomic E-state index is 0.391. The minimum atomic E-state index is 0.391. The van der Waals surface area contributed by atoms with Crippen molar-refractivity contribution in [3.05, 3.63) is 50.8 Å². The fraction of sp³-hybridized carbons (Fsp3) is 0.0909. The Bertz CT molecular complexity index is 498. The Kier molecular flexibility index (Phi) is 3.79. The van der Waals surface area contributed by atoms with Gasteiger partial charge in [-0.2, -0.15) is 0 Å². The normalized spacial score (nSPS) is 10.4. The monoisotopic (exact) mass is 319 g/mol. The smallest absolute Gasteiger partial charge is 0.193 e. The largest absolute Gasteiger partial charge is 0.448 e. The molecular formula is C11H8BrCl2NO. The molecule has 84 valence electrons. The number of nitrogens with one attached hydrogen (secondary N) is 1. The van der Waals surface area contributed by atoms with Crippen LogP contribution in [-0.2, 0) is 6.54 Å². The second-order valence-electron chi connectivity index (χ2n) is 3.18. The first-order chi connectivity index (χ1) is 7.65. The van der Waals surface area contributed by atoms with E-state index in [1.807, 2.05) is 24.3 Å². The maximum atomic E-state index is 5.90. The van der Waals surface area contributed by atoms with Crippen LogP contribution < -0.4 is 5.32 Å². The summed E-state index contributed by atoms with van der Waals surface area (Å²) in [5, 5.41) is 4.27. The van der Waals surface area contributed by atoms with Crippen LogP contribution in [0.3, 0.4) is 0 Å². The number of rotatable bonds is 3. The molecule has 1 aromatic heterocycles. The van der Waals surface area contributed by atoms with Gasteiger partial charge < -0.3 is 9.73 Å². The third kappa shape index (κ3) is 2.94. The zero-order valence-electron chi connectivity index (χ0n) is 8.14. The summed E-state index contributed by atoms with van der Waals surface area (Å²) in [6, 6.07) is 9.09. The molecule has 0 unspecified atom stereocenters. The number of anilines is 1.